The van der Waals surface area contributed by atoms with E-state index < -0.39 is 0 Å². The minimum absolute atomic E-state index is 0.102. The van der Waals surface area contributed by atoms with Gasteiger partial charge in [-0.25, -0.2) is 0 Å². The molecule has 0 bridgehead atoms. The van der Waals surface area contributed by atoms with Gasteiger partial charge in [-0.3, -0.25) is 0 Å². The summed E-state index contributed by atoms with van der Waals surface area (Å²) < 4.78 is 1.92. The van der Waals surface area contributed by atoms with Gasteiger partial charge in [0.05, 0.1) is 18.3 Å². The highest BCUT2D eigenvalue weighted by Gasteiger charge is 2.44. The molecule has 26 heavy (non-hydrogen) atoms. The maximum absolute atomic E-state index is 4.48. The van der Waals surface area contributed by atoms with Gasteiger partial charge in [-0.15, -0.1) is 5.10 Å². The van der Waals surface area contributed by atoms with Crippen molar-refractivity contribution < 1.29 is 4.90 Å². The number of likely N-dealkylation sites (N-methyl/N-ethyl adjacent to an activating group) is 1. The molecule has 1 unspecified atom stereocenters. The lowest BCUT2D eigenvalue weighted by atomic mass is 9.81. The van der Waals surface area contributed by atoms with Gasteiger partial charge in [0.1, 0.15) is 0 Å². The summed E-state index contributed by atoms with van der Waals surface area (Å²) in [4.78, 5) is 1.41. The first-order valence-electron chi connectivity index (χ1n) is 9.16. The van der Waals surface area contributed by atoms with Crippen molar-refractivity contribution in [3.8, 4) is 5.69 Å². The maximum Gasteiger partial charge on any atom is 0.219 e. The summed E-state index contributed by atoms with van der Waals surface area (Å²) in [5.41, 5.74) is 6.29. The monoisotopic (exact) mass is 348 g/mol. The van der Waals surface area contributed by atoms with E-state index in [1.165, 1.54) is 27.2 Å². The third-order valence-corrected chi connectivity index (χ3v) is 5.83. The predicted octanol–water partition coefficient (Wildman–Crippen LogP) is 2.22. The molecule has 0 saturated heterocycles. The van der Waals surface area contributed by atoms with Crippen molar-refractivity contribution in [2.24, 2.45) is 0 Å². The Kier molecular flexibility index (Phi) is 3.92. The number of nitrogens with one attached hydrogen (secondary N) is 1. The molecule has 0 spiro atoms. The minimum Gasteiger partial charge on any atom is -0.320 e. The van der Waals surface area contributed by atoms with Crippen molar-refractivity contribution in [2.45, 2.75) is 45.7 Å². The molecular weight excluding hydrogens is 322 g/mol. The summed E-state index contributed by atoms with van der Waals surface area (Å²) in [6.45, 7) is 8.85. The number of hydrogen-bond donors (Lipinski definition) is 1. The summed E-state index contributed by atoms with van der Waals surface area (Å²) >= 11 is 0. The molecule has 134 valence electrons. The van der Waals surface area contributed by atoms with Gasteiger partial charge in [0.2, 0.25) is 5.82 Å². The first kappa shape index (κ1) is 16.9. The molecule has 0 amide bonds. The normalized spacial score (nSPS) is 21.4. The Morgan fingerprint density at radius 3 is 2.65 bits per heavy atom. The van der Waals surface area contributed by atoms with Crippen molar-refractivity contribution in [3.63, 3.8) is 0 Å². The minimum atomic E-state index is 0.102. The lowest BCUT2D eigenvalue weighted by Crippen LogP contribution is -3.18. The van der Waals surface area contributed by atoms with Crippen LogP contribution in [0.2, 0.25) is 0 Å². The quantitative estimate of drug-likeness (QED) is 0.772. The Labute approximate surface area is 154 Å². The SMILES string of the molecule is Cc1ccc(-n2nnnc2[C@@H]2c3ccccc3CC(C)(C)[NH+]2C)c(C)c1. The molecule has 5 nitrogen and oxygen atoms in total. The van der Waals surface area contributed by atoms with Crippen molar-refractivity contribution in [2.75, 3.05) is 7.05 Å². The van der Waals surface area contributed by atoms with Crippen LogP contribution in [0.3, 0.4) is 0 Å². The van der Waals surface area contributed by atoms with Crippen molar-refractivity contribution >= 4 is 0 Å². The van der Waals surface area contributed by atoms with Crippen LogP contribution in [0, 0.1) is 13.8 Å². The molecule has 1 aliphatic heterocycles. The lowest BCUT2D eigenvalue weighted by Gasteiger charge is -2.42. The van der Waals surface area contributed by atoms with E-state index in [0.29, 0.717) is 0 Å². The van der Waals surface area contributed by atoms with Crippen LogP contribution in [0.4, 0.5) is 0 Å². The highest BCUT2D eigenvalue weighted by atomic mass is 15.6. The highest BCUT2D eigenvalue weighted by Crippen LogP contribution is 2.30. The largest absolute Gasteiger partial charge is 0.320 e. The predicted molar refractivity (Wildman–Crippen MR) is 102 cm³/mol. The molecule has 2 heterocycles. The Morgan fingerprint density at radius 2 is 1.88 bits per heavy atom. The number of tetrazole rings is 1. The number of fused-ring (bicyclic) bond motifs is 1. The van der Waals surface area contributed by atoms with Crippen LogP contribution >= 0.6 is 0 Å². The Morgan fingerprint density at radius 1 is 1.12 bits per heavy atom. The van der Waals surface area contributed by atoms with E-state index >= 15 is 0 Å². The first-order chi connectivity index (χ1) is 12.4. The zero-order valence-electron chi connectivity index (χ0n) is 16.1. The topological polar surface area (TPSA) is 48.0 Å². The van der Waals surface area contributed by atoms with E-state index in [1.807, 2.05) is 4.68 Å². The van der Waals surface area contributed by atoms with E-state index in [4.69, 9.17) is 0 Å². The molecule has 0 radical (unpaired) electrons. The number of hydrogen-bond acceptors (Lipinski definition) is 3. The molecule has 4 rings (SSSR count). The van der Waals surface area contributed by atoms with Crippen LogP contribution in [0.5, 0.6) is 0 Å². The van der Waals surface area contributed by atoms with Gasteiger partial charge in [0, 0.05) is 12.0 Å². The maximum atomic E-state index is 4.48. The Hall–Kier alpha value is -2.53. The van der Waals surface area contributed by atoms with Crippen LogP contribution in [0.1, 0.15) is 48.0 Å². The number of aryl methyl sites for hydroxylation is 2. The van der Waals surface area contributed by atoms with Gasteiger partial charge in [-0.05, 0) is 55.3 Å². The molecule has 1 aromatic heterocycles. The van der Waals surface area contributed by atoms with Gasteiger partial charge >= 0.3 is 0 Å². The third-order valence-electron chi connectivity index (χ3n) is 5.83. The van der Waals surface area contributed by atoms with Gasteiger partial charge in [-0.2, -0.15) is 4.68 Å². The van der Waals surface area contributed by atoms with Gasteiger partial charge in [-0.1, -0.05) is 42.0 Å². The average molecular weight is 348 g/mol. The number of benzene rings is 2. The molecule has 0 fully saturated rings. The molecular formula is C21H26N5+. The standard InChI is InChI=1S/C21H25N5/c1-14-10-11-18(15(2)12-14)26-20(22-23-24-26)19-17-9-7-6-8-16(17)13-21(3,4)25(19)5/h6-12,19H,13H2,1-5H3/p+1/t19-/m0/s1. The lowest BCUT2D eigenvalue weighted by molar-refractivity contribution is -0.957. The van der Waals surface area contributed by atoms with E-state index in [1.54, 1.807) is 0 Å². The summed E-state index contributed by atoms with van der Waals surface area (Å²) in [6, 6.07) is 15.2. The number of nitrogens with zero attached hydrogens (tertiary/aromatic N) is 4. The molecule has 0 aliphatic carbocycles. The van der Waals surface area contributed by atoms with Crippen molar-refractivity contribution in [1.82, 2.24) is 20.2 Å². The number of aromatic nitrogens is 4. The van der Waals surface area contributed by atoms with E-state index in [-0.39, 0.29) is 11.6 Å². The Balaban J connectivity index is 1.90. The zero-order chi connectivity index (χ0) is 18.5. The van der Waals surface area contributed by atoms with E-state index in [2.05, 4.69) is 92.7 Å². The van der Waals surface area contributed by atoms with Crippen LogP contribution in [0.25, 0.3) is 5.69 Å². The van der Waals surface area contributed by atoms with Crippen LogP contribution in [-0.2, 0) is 6.42 Å². The second kappa shape index (κ2) is 6.02. The molecule has 5 heteroatoms. The van der Waals surface area contributed by atoms with Crippen LogP contribution in [0.15, 0.2) is 42.5 Å². The van der Waals surface area contributed by atoms with Crippen molar-refractivity contribution in [3.05, 3.63) is 70.5 Å². The number of quaternary nitrogens is 1. The fraction of sp³-hybridized carbons (Fsp3) is 0.381. The van der Waals surface area contributed by atoms with E-state index in [9.17, 15) is 0 Å². The number of rotatable bonds is 2. The zero-order valence-corrected chi connectivity index (χ0v) is 16.1. The fourth-order valence-corrected chi connectivity index (χ4v) is 4.14. The third kappa shape index (κ3) is 2.63. The highest BCUT2D eigenvalue weighted by molar-refractivity contribution is 5.43. The van der Waals surface area contributed by atoms with Crippen LogP contribution < -0.4 is 4.90 Å². The second-order valence-corrected chi connectivity index (χ2v) is 8.11. The average Bonchev–Trinajstić information content (AvgIpc) is 3.04. The van der Waals surface area contributed by atoms with Gasteiger partial charge < -0.3 is 4.90 Å². The molecule has 1 aliphatic rings. The summed E-state index contributed by atoms with van der Waals surface area (Å²) in [5, 5.41) is 12.9. The smallest absolute Gasteiger partial charge is 0.219 e. The van der Waals surface area contributed by atoms with E-state index in [0.717, 1.165) is 17.9 Å². The molecule has 2 atom stereocenters. The summed E-state index contributed by atoms with van der Waals surface area (Å²) in [6.07, 6.45) is 1.05. The summed E-state index contributed by atoms with van der Waals surface area (Å²) in [5.74, 6) is 0.898. The fourth-order valence-electron chi connectivity index (χ4n) is 4.14. The molecule has 3 aromatic rings. The first-order valence-corrected chi connectivity index (χ1v) is 9.16. The van der Waals surface area contributed by atoms with Crippen molar-refractivity contribution in [1.29, 1.82) is 0 Å². The summed E-state index contributed by atoms with van der Waals surface area (Å²) in [7, 11) is 2.25. The van der Waals surface area contributed by atoms with Crippen LogP contribution in [-0.4, -0.2) is 32.8 Å². The molecule has 0 saturated carbocycles. The second-order valence-electron chi connectivity index (χ2n) is 8.11. The Bertz CT molecular complexity index is 957. The van der Waals surface area contributed by atoms with Gasteiger partial charge in [0.15, 0.2) is 6.04 Å². The molecule has 1 N–H and O–H groups in total. The molecule has 2 aromatic carbocycles. The van der Waals surface area contributed by atoms with Gasteiger partial charge in [0.25, 0.3) is 0 Å².